The number of benzene rings is 1. The van der Waals surface area contributed by atoms with Gasteiger partial charge in [-0.15, -0.1) is 0 Å². The van der Waals surface area contributed by atoms with Crippen molar-refractivity contribution in [2.45, 2.75) is 33.3 Å². The molecule has 1 aromatic heterocycles. The minimum atomic E-state index is -0.0280. The molecule has 1 aliphatic heterocycles. The van der Waals surface area contributed by atoms with Gasteiger partial charge >= 0.3 is 0 Å². The molecule has 1 fully saturated rings. The van der Waals surface area contributed by atoms with Gasteiger partial charge in [-0.2, -0.15) is 0 Å². The van der Waals surface area contributed by atoms with Crippen LogP contribution in [0.25, 0.3) is 0 Å². The van der Waals surface area contributed by atoms with Gasteiger partial charge < -0.3 is 24.8 Å². The molecule has 0 unspecified atom stereocenters. The summed E-state index contributed by atoms with van der Waals surface area (Å²) < 4.78 is 6.01. The zero-order valence-electron chi connectivity index (χ0n) is 19.4. The van der Waals surface area contributed by atoms with E-state index < -0.39 is 0 Å². The van der Waals surface area contributed by atoms with Gasteiger partial charge in [0.05, 0.1) is 17.5 Å². The summed E-state index contributed by atoms with van der Waals surface area (Å²) in [7, 11) is 3.57. The highest BCUT2D eigenvalue weighted by atomic mass is 16.5. The number of amides is 1. The first-order valence-corrected chi connectivity index (χ1v) is 11.1. The van der Waals surface area contributed by atoms with Gasteiger partial charge in [-0.1, -0.05) is 19.1 Å². The van der Waals surface area contributed by atoms with E-state index in [9.17, 15) is 4.79 Å². The maximum absolute atomic E-state index is 13.0. The van der Waals surface area contributed by atoms with Crippen molar-refractivity contribution in [2.75, 3.05) is 61.9 Å². The van der Waals surface area contributed by atoms with Gasteiger partial charge in [-0.05, 0) is 38.5 Å². The average Bonchev–Trinajstić information content (AvgIpc) is 2.77. The first-order chi connectivity index (χ1) is 14.9. The second-order valence-corrected chi connectivity index (χ2v) is 8.29. The minimum absolute atomic E-state index is 0.0280. The number of hydrogen-bond acceptors (Lipinski definition) is 6. The average molecular weight is 426 g/mol. The molecule has 31 heavy (non-hydrogen) atoms. The Balaban J connectivity index is 1.82. The maximum Gasteiger partial charge on any atom is 0.259 e. The largest absolute Gasteiger partial charge is 0.489 e. The van der Waals surface area contributed by atoms with Crippen LogP contribution in [0, 0.1) is 0 Å². The Labute approximate surface area is 186 Å². The van der Waals surface area contributed by atoms with Crippen molar-refractivity contribution in [3.8, 4) is 5.75 Å². The van der Waals surface area contributed by atoms with Crippen LogP contribution in [-0.4, -0.2) is 68.7 Å². The number of carbonyl (C=O) groups excluding carboxylic acids is 1. The molecule has 7 heteroatoms. The fourth-order valence-corrected chi connectivity index (χ4v) is 3.76. The lowest BCUT2D eigenvalue weighted by Crippen LogP contribution is -2.47. The predicted molar refractivity (Wildman–Crippen MR) is 128 cm³/mol. The number of rotatable bonds is 8. The molecule has 0 aliphatic carbocycles. The third kappa shape index (κ3) is 5.40. The molecule has 0 atom stereocenters. The van der Waals surface area contributed by atoms with E-state index in [4.69, 9.17) is 4.74 Å². The summed E-state index contributed by atoms with van der Waals surface area (Å²) in [6, 6.07) is 10.1. The number of carbonyl (C=O) groups is 1. The molecule has 1 saturated heterocycles. The van der Waals surface area contributed by atoms with E-state index in [0.717, 1.165) is 62.1 Å². The molecular formula is C24H35N5O2. The third-order valence-electron chi connectivity index (χ3n) is 5.26. The van der Waals surface area contributed by atoms with Gasteiger partial charge in [0, 0.05) is 53.0 Å². The smallest absolute Gasteiger partial charge is 0.259 e. The van der Waals surface area contributed by atoms with Crippen molar-refractivity contribution in [3.05, 3.63) is 42.1 Å². The molecule has 2 aromatic rings. The molecule has 1 amide bonds. The molecule has 0 radical (unpaired) electrons. The van der Waals surface area contributed by atoms with Gasteiger partial charge in [-0.25, -0.2) is 4.98 Å². The molecule has 3 rings (SSSR count). The number of aromatic nitrogens is 1. The molecule has 1 aliphatic rings. The lowest BCUT2D eigenvalue weighted by Gasteiger charge is -2.38. The second-order valence-electron chi connectivity index (χ2n) is 8.29. The van der Waals surface area contributed by atoms with Crippen LogP contribution in [0.15, 0.2) is 36.5 Å². The van der Waals surface area contributed by atoms with Crippen LogP contribution in [0.3, 0.4) is 0 Å². The Morgan fingerprint density at radius 2 is 1.81 bits per heavy atom. The maximum atomic E-state index is 13.0. The lowest BCUT2D eigenvalue weighted by molar-refractivity contribution is 0.0828. The number of pyridine rings is 1. The number of piperazine rings is 1. The van der Waals surface area contributed by atoms with Crippen LogP contribution in [0.2, 0.25) is 0 Å². The SMILES string of the molecule is CCCNc1ccnc(N2CCN(c3ccccc3OC(C)C)CC2)c1C(=O)N(C)C. The van der Waals surface area contributed by atoms with Gasteiger partial charge in [0.1, 0.15) is 17.1 Å². The van der Waals surface area contributed by atoms with Crippen LogP contribution >= 0.6 is 0 Å². The Morgan fingerprint density at radius 1 is 1.13 bits per heavy atom. The third-order valence-corrected chi connectivity index (χ3v) is 5.26. The monoisotopic (exact) mass is 425 g/mol. The fraction of sp³-hybridized carbons (Fsp3) is 0.500. The highest BCUT2D eigenvalue weighted by Gasteiger charge is 2.27. The summed E-state index contributed by atoms with van der Waals surface area (Å²) in [6.07, 6.45) is 2.91. The Kier molecular flexibility index (Phi) is 7.60. The number of anilines is 3. The summed E-state index contributed by atoms with van der Waals surface area (Å²) >= 11 is 0. The van der Waals surface area contributed by atoms with Crippen molar-refractivity contribution in [1.29, 1.82) is 0 Å². The van der Waals surface area contributed by atoms with E-state index in [0.29, 0.717) is 5.56 Å². The first-order valence-electron chi connectivity index (χ1n) is 11.1. The van der Waals surface area contributed by atoms with Gasteiger partial charge in [0.15, 0.2) is 0 Å². The summed E-state index contributed by atoms with van der Waals surface area (Å²) in [5.41, 5.74) is 2.62. The van der Waals surface area contributed by atoms with Crippen molar-refractivity contribution < 1.29 is 9.53 Å². The zero-order chi connectivity index (χ0) is 22.4. The number of nitrogens with zero attached hydrogens (tertiary/aromatic N) is 4. The normalized spacial score (nSPS) is 14.0. The van der Waals surface area contributed by atoms with Crippen LogP contribution in [0.1, 0.15) is 37.6 Å². The molecule has 0 saturated carbocycles. The number of nitrogens with one attached hydrogen (secondary N) is 1. The van der Waals surface area contributed by atoms with Gasteiger partial charge in [0.2, 0.25) is 0 Å². The molecule has 2 heterocycles. The first kappa shape index (κ1) is 22.7. The predicted octanol–water partition coefficient (Wildman–Crippen LogP) is 3.72. The van der Waals surface area contributed by atoms with Crippen LogP contribution < -0.4 is 19.9 Å². The van der Waals surface area contributed by atoms with Crippen molar-refractivity contribution in [2.24, 2.45) is 0 Å². The standard InChI is InChI=1S/C24H35N5O2/c1-6-12-25-19-11-13-26-23(22(19)24(30)27(4)5)29-16-14-28(15-17-29)20-9-7-8-10-21(20)31-18(2)3/h7-11,13,18H,6,12,14-17H2,1-5H3,(H,25,26). The molecule has 7 nitrogen and oxygen atoms in total. The summed E-state index contributed by atoms with van der Waals surface area (Å²) in [6.45, 7) is 10.3. The van der Waals surface area contributed by atoms with Crippen molar-refractivity contribution in [3.63, 3.8) is 0 Å². The molecular weight excluding hydrogens is 390 g/mol. The number of para-hydroxylation sites is 2. The Bertz CT molecular complexity index is 876. The van der Waals surface area contributed by atoms with Crippen LogP contribution in [0.5, 0.6) is 5.75 Å². The molecule has 168 valence electrons. The Morgan fingerprint density at radius 3 is 2.45 bits per heavy atom. The zero-order valence-corrected chi connectivity index (χ0v) is 19.4. The lowest BCUT2D eigenvalue weighted by atomic mass is 10.1. The van der Waals surface area contributed by atoms with Crippen molar-refractivity contribution >= 4 is 23.1 Å². The summed E-state index contributed by atoms with van der Waals surface area (Å²) in [5.74, 6) is 1.64. The van der Waals surface area contributed by atoms with E-state index in [-0.39, 0.29) is 12.0 Å². The van der Waals surface area contributed by atoms with E-state index in [2.05, 4.69) is 33.1 Å². The Hall–Kier alpha value is -2.96. The number of ether oxygens (including phenoxy) is 1. The van der Waals surface area contributed by atoms with Gasteiger partial charge in [0.25, 0.3) is 5.91 Å². The van der Waals surface area contributed by atoms with Crippen LogP contribution in [0.4, 0.5) is 17.2 Å². The quantitative estimate of drug-likeness (QED) is 0.696. The minimum Gasteiger partial charge on any atom is -0.489 e. The highest BCUT2D eigenvalue weighted by Crippen LogP contribution is 2.32. The van der Waals surface area contributed by atoms with E-state index in [1.807, 2.05) is 38.1 Å². The summed E-state index contributed by atoms with van der Waals surface area (Å²) in [4.78, 5) is 23.8. The van der Waals surface area contributed by atoms with Crippen LogP contribution in [-0.2, 0) is 0 Å². The topological polar surface area (TPSA) is 60.9 Å². The second kappa shape index (κ2) is 10.4. The van der Waals surface area contributed by atoms with E-state index in [1.54, 1.807) is 25.2 Å². The van der Waals surface area contributed by atoms with Gasteiger partial charge in [-0.3, -0.25) is 4.79 Å². The number of hydrogen-bond donors (Lipinski definition) is 1. The highest BCUT2D eigenvalue weighted by molar-refractivity contribution is 6.04. The molecule has 1 aromatic carbocycles. The van der Waals surface area contributed by atoms with E-state index in [1.165, 1.54) is 0 Å². The van der Waals surface area contributed by atoms with E-state index >= 15 is 0 Å². The molecule has 0 bridgehead atoms. The fourth-order valence-electron chi connectivity index (χ4n) is 3.76. The summed E-state index contributed by atoms with van der Waals surface area (Å²) in [5, 5.41) is 3.40. The van der Waals surface area contributed by atoms with Crippen molar-refractivity contribution in [1.82, 2.24) is 9.88 Å². The molecule has 1 N–H and O–H groups in total. The molecule has 0 spiro atoms.